The smallest absolute Gasteiger partial charge is 0.381 e. The van der Waals surface area contributed by atoms with Gasteiger partial charge in [0.15, 0.2) is 0 Å². The Morgan fingerprint density at radius 2 is 2.00 bits per heavy atom. The number of nitriles is 1. The number of benzene rings is 1. The molecule has 0 bridgehead atoms. The summed E-state index contributed by atoms with van der Waals surface area (Å²) in [4.78, 5) is 0. The molecule has 0 spiro atoms. The molecule has 7 heteroatoms. The summed E-state index contributed by atoms with van der Waals surface area (Å²) in [6, 6.07) is 6.47. The maximum atomic E-state index is 12.8. The average Bonchev–Trinajstić information content (AvgIpc) is 2.56. The summed E-state index contributed by atoms with van der Waals surface area (Å²) in [6.07, 6.45) is -1.22. The van der Waals surface area contributed by atoms with Gasteiger partial charge in [0.05, 0.1) is 22.1 Å². The van der Waals surface area contributed by atoms with E-state index in [4.69, 9.17) is 16.3 Å². The Hall–Kier alpha value is -0.900. The van der Waals surface area contributed by atoms with E-state index in [0.29, 0.717) is 24.5 Å². The second kappa shape index (κ2) is 8.46. The molecule has 2 nitrogen and oxygen atoms in total. The maximum Gasteiger partial charge on any atom is 0.417 e. The molecule has 1 aromatic rings. The predicted octanol–water partition coefficient (Wildman–Crippen LogP) is 5.69. The second-order valence-corrected chi connectivity index (χ2v) is 7.48. The zero-order valence-electron chi connectivity index (χ0n) is 13.2. The van der Waals surface area contributed by atoms with E-state index in [1.807, 2.05) is 0 Å². The molecule has 0 atom stereocenters. The Balaban J connectivity index is 1.79. The minimum atomic E-state index is -4.43. The molecule has 0 N–H and O–H groups in total. The first-order chi connectivity index (χ1) is 11.4. The van der Waals surface area contributed by atoms with Crippen LogP contribution in [0, 0.1) is 16.7 Å². The van der Waals surface area contributed by atoms with Crippen LogP contribution in [-0.4, -0.2) is 19.0 Å². The first-order valence-electron chi connectivity index (χ1n) is 7.79. The lowest BCUT2D eigenvalue weighted by Crippen LogP contribution is -2.28. The van der Waals surface area contributed by atoms with Crippen LogP contribution in [0.2, 0.25) is 5.02 Å². The van der Waals surface area contributed by atoms with Crippen LogP contribution in [0.1, 0.15) is 36.8 Å². The van der Waals surface area contributed by atoms with Crippen LogP contribution in [0.5, 0.6) is 0 Å². The van der Waals surface area contributed by atoms with Gasteiger partial charge in [-0.15, -0.1) is 0 Å². The fourth-order valence-electron chi connectivity index (χ4n) is 2.76. The number of alkyl halides is 3. The Morgan fingerprint density at radius 3 is 2.62 bits per heavy atom. The van der Waals surface area contributed by atoms with Crippen LogP contribution in [-0.2, 0) is 16.7 Å². The topological polar surface area (TPSA) is 33.0 Å². The fourth-order valence-corrected chi connectivity index (χ4v) is 3.89. The van der Waals surface area contributed by atoms with Crippen molar-refractivity contribution >= 4 is 23.4 Å². The normalized spacial score (nSPS) is 17.5. The van der Waals surface area contributed by atoms with E-state index >= 15 is 0 Å². The van der Waals surface area contributed by atoms with Crippen LogP contribution >= 0.6 is 23.4 Å². The van der Waals surface area contributed by atoms with E-state index in [1.54, 1.807) is 17.8 Å². The van der Waals surface area contributed by atoms with Crippen molar-refractivity contribution in [1.29, 1.82) is 5.26 Å². The van der Waals surface area contributed by atoms with E-state index in [0.717, 1.165) is 37.5 Å². The number of ether oxygens (including phenoxy) is 1. The van der Waals surface area contributed by atoms with Crippen molar-refractivity contribution < 1.29 is 17.9 Å². The van der Waals surface area contributed by atoms with E-state index in [9.17, 15) is 18.4 Å². The average molecular weight is 378 g/mol. The summed E-state index contributed by atoms with van der Waals surface area (Å²) >= 11 is 7.19. The van der Waals surface area contributed by atoms with Gasteiger partial charge >= 0.3 is 6.18 Å². The molecule has 0 radical (unpaired) electrons. The minimum absolute atomic E-state index is 0.272. The summed E-state index contributed by atoms with van der Waals surface area (Å²) in [7, 11) is 0. The summed E-state index contributed by atoms with van der Waals surface area (Å²) in [5.74, 6) is 1.32. The minimum Gasteiger partial charge on any atom is -0.381 e. The summed E-state index contributed by atoms with van der Waals surface area (Å²) in [6.45, 7) is 1.26. The van der Waals surface area contributed by atoms with Gasteiger partial charge in [-0.3, -0.25) is 0 Å². The van der Waals surface area contributed by atoms with Crippen LogP contribution < -0.4 is 0 Å². The van der Waals surface area contributed by atoms with Crippen molar-refractivity contribution in [3.63, 3.8) is 0 Å². The zero-order valence-corrected chi connectivity index (χ0v) is 14.7. The van der Waals surface area contributed by atoms with E-state index in [-0.39, 0.29) is 10.4 Å². The summed E-state index contributed by atoms with van der Waals surface area (Å²) < 4.78 is 43.8. The van der Waals surface area contributed by atoms with Crippen molar-refractivity contribution in [3.8, 4) is 6.07 Å². The molecule has 0 saturated carbocycles. The molecule has 24 heavy (non-hydrogen) atoms. The number of thioether (sulfide) groups is 1. The number of rotatable bonds is 6. The first-order valence-corrected chi connectivity index (χ1v) is 9.32. The highest BCUT2D eigenvalue weighted by Gasteiger charge is 2.33. The molecule has 1 saturated heterocycles. The monoisotopic (exact) mass is 377 g/mol. The van der Waals surface area contributed by atoms with Gasteiger partial charge in [0.2, 0.25) is 0 Å². The van der Waals surface area contributed by atoms with E-state index < -0.39 is 11.7 Å². The number of nitrogens with zero attached hydrogens (tertiary/aromatic N) is 1. The van der Waals surface area contributed by atoms with Gasteiger partial charge in [-0.05, 0) is 49.1 Å². The van der Waals surface area contributed by atoms with Crippen LogP contribution in [0.3, 0.4) is 0 Å². The summed E-state index contributed by atoms with van der Waals surface area (Å²) in [5, 5.41) is 9.11. The molecule has 1 aromatic carbocycles. The lowest BCUT2D eigenvalue weighted by Gasteiger charge is -2.30. The van der Waals surface area contributed by atoms with Crippen molar-refractivity contribution in [2.45, 2.75) is 37.6 Å². The third-order valence-electron chi connectivity index (χ3n) is 4.24. The van der Waals surface area contributed by atoms with Gasteiger partial charge in [-0.2, -0.15) is 30.2 Å². The third-order valence-corrected chi connectivity index (χ3v) is 5.68. The van der Waals surface area contributed by atoms with E-state index in [1.165, 1.54) is 6.07 Å². The molecule has 1 heterocycles. The second-order valence-electron chi connectivity index (χ2n) is 5.97. The van der Waals surface area contributed by atoms with Crippen molar-refractivity contribution in [3.05, 3.63) is 34.3 Å². The van der Waals surface area contributed by atoms with Gasteiger partial charge in [-0.25, -0.2) is 0 Å². The Morgan fingerprint density at radius 1 is 1.29 bits per heavy atom. The van der Waals surface area contributed by atoms with Gasteiger partial charge in [-0.1, -0.05) is 17.7 Å². The fraction of sp³-hybridized carbons (Fsp3) is 0.588. The molecule has 1 fully saturated rings. The summed E-state index contributed by atoms with van der Waals surface area (Å²) in [5.41, 5.74) is -0.464. The lowest BCUT2D eigenvalue weighted by molar-refractivity contribution is -0.137. The highest BCUT2D eigenvalue weighted by molar-refractivity contribution is 7.98. The molecule has 1 aliphatic heterocycles. The third kappa shape index (κ3) is 5.30. The van der Waals surface area contributed by atoms with Crippen LogP contribution in [0.4, 0.5) is 13.2 Å². The van der Waals surface area contributed by atoms with Gasteiger partial charge in [0.1, 0.15) is 0 Å². The molecule has 0 aliphatic carbocycles. The van der Waals surface area contributed by atoms with Crippen molar-refractivity contribution in [2.24, 2.45) is 5.41 Å². The highest BCUT2D eigenvalue weighted by atomic mass is 35.5. The highest BCUT2D eigenvalue weighted by Crippen LogP contribution is 2.37. The van der Waals surface area contributed by atoms with Crippen LogP contribution in [0.15, 0.2) is 18.2 Å². The maximum absolute atomic E-state index is 12.8. The number of hydrogen-bond acceptors (Lipinski definition) is 3. The molecule has 2 rings (SSSR count). The van der Waals surface area contributed by atoms with Crippen molar-refractivity contribution in [1.82, 2.24) is 0 Å². The largest absolute Gasteiger partial charge is 0.417 e. The van der Waals surface area contributed by atoms with Crippen LogP contribution in [0.25, 0.3) is 0 Å². The Kier molecular flexibility index (Phi) is 6.85. The molecule has 0 amide bonds. The van der Waals surface area contributed by atoms with Gasteiger partial charge in [0, 0.05) is 19.0 Å². The van der Waals surface area contributed by atoms with Gasteiger partial charge < -0.3 is 4.74 Å². The van der Waals surface area contributed by atoms with Gasteiger partial charge in [0.25, 0.3) is 0 Å². The predicted molar refractivity (Wildman–Crippen MR) is 89.9 cm³/mol. The standard InChI is InChI=1S/C17H19ClF3NOS/c18-15-3-2-13(10-14(15)17(19,20)21)11-24-9-1-4-16(12-22)5-7-23-8-6-16/h2-3,10H,1,4-9,11H2. The molecule has 132 valence electrons. The zero-order chi connectivity index (χ0) is 17.6. The Labute approximate surface area is 149 Å². The van der Waals surface area contributed by atoms with Crippen molar-refractivity contribution in [2.75, 3.05) is 19.0 Å². The number of hydrogen-bond donors (Lipinski definition) is 0. The number of halogens is 4. The first kappa shape index (κ1) is 19.4. The van der Waals surface area contributed by atoms with E-state index in [2.05, 4.69) is 6.07 Å². The quantitative estimate of drug-likeness (QED) is 0.597. The SMILES string of the molecule is N#CC1(CCCSCc2ccc(Cl)c(C(F)(F)F)c2)CCOCC1. The molecular weight excluding hydrogens is 359 g/mol. The lowest BCUT2D eigenvalue weighted by atomic mass is 9.78. The molecule has 1 aliphatic rings. The molecule has 0 aromatic heterocycles. The Bertz CT molecular complexity index is 594. The molecule has 0 unspecified atom stereocenters. The molecular formula is C17H19ClF3NOS.